The lowest BCUT2D eigenvalue weighted by atomic mass is 9.82. The average Bonchev–Trinajstić information content (AvgIpc) is 2.16. The van der Waals surface area contributed by atoms with E-state index in [0.29, 0.717) is 6.07 Å². The minimum Gasteiger partial charge on any atom is -0.207 e. The lowest BCUT2D eigenvalue weighted by Gasteiger charge is -2.23. The Kier molecular flexibility index (Phi) is 3.00. The first-order valence-corrected chi connectivity index (χ1v) is 4.53. The van der Waals surface area contributed by atoms with Crippen LogP contribution in [0, 0.1) is 18.2 Å². The Labute approximate surface area is 91.3 Å². The first kappa shape index (κ1) is 12.6. The van der Waals surface area contributed by atoms with Crippen molar-refractivity contribution in [1.82, 2.24) is 0 Å². The molecule has 0 N–H and O–H groups in total. The van der Waals surface area contributed by atoms with E-state index in [9.17, 15) is 17.6 Å². The Morgan fingerprint density at radius 1 is 1.12 bits per heavy atom. The third-order valence-corrected chi connectivity index (χ3v) is 2.32. The summed E-state index contributed by atoms with van der Waals surface area (Å²) in [4.78, 5) is 0. The maximum Gasteiger partial charge on any atom is 0.416 e. The SMILES string of the molecule is C#CC(C)(C)c1ccc(F)cc1C(F)(F)F. The summed E-state index contributed by atoms with van der Waals surface area (Å²) >= 11 is 0. The molecule has 0 saturated carbocycles. The highest BCUT2D eigenvalue weighted by molar-refractivity contribution is 5.40. The molecule has 0 amide bonds. The summed E-state index contributed by atoms with van der Waals surface area (Å²) in [6.07, 6.45) is 0.572. The van der Waals surface area contributed by atoms with Crippen LogP contribution in [0.3, 0.4) is 0 Å². The fourth-order valence-corrected chi connectivity index (χ4v) is 1.37. The predicted octanol–water partition coefficient (Wildman–Crippen LogP) is 3.76. The first-order valence-electron chi connectivity index (χ1n) is 4.53. The number of terminal acetylenes is 1. The van der Waals surface area contributed by atoms with Gasteiger partial charge in [0.15, 0.2) is 0 Å². The van der Waals surface area contributed by atoms with Crippen molar-refractivity contribution < 1.29 is 17.6 Å². The minimum absolute atomic E-state index is 0.0936. The van der Waals surface area contributed by atoms with E-state index < -0.39 is 23.0 Å². The lowest BCUT2D eigenvalue weighted by Crippen LogP contribution is -2.21. The van der Waals surface area contributed by atoms with Crippen LogP contribution >= 0.6 is 0 Å². The standard InChI is InChI=1S/C12H10F4/c1-4-11(2,3)9-6-5-8(13)7-10(9)12(14,15)16/h1,5-7H,2-3H3. The van der Waals surface area contributed by atoms with Crippen molar-refractivity contribution in [2.45, 2.75) is 25.4 Å². The second-order valence-electron chi connectivity index (χ2n) is 3.96. The third kappa shape index (κ3) is 2.35. The summed E-state index contributed by atoms with van der Waals surface area (Å²) in [5, 5.41) is 0. The minimum atomic E-state index is -4.61. The molecule has 0 heterocycles. The van der Waals surface area contributed by atoms with Crippen molar-refractivity contribution in [1.29, 1.82) is 0 Å². The Morgan fingerprint density at radius 2 is 1.69 bits per heavy atom. The molecule has 86 valence electrons. The molecule has 0 aliphatic rings. The van der Waals surface area contributed by atoms with Crippen LogP contribution < -0.4 is 0 Å². The fourth-order valence-electron chi connectivity index (χ4n) is 1.37. The number of benzene rings is 1. The molecule has 0 radical (unpaired) electrons. The summed E-state index contributed by atoms with van der Waals surface area (Å²) < 4.78 is 50.8. The molecule has 0 spiro atoms. The molecule has 0 atom stereocenters. The quantitative estimate of drug-likeness (QED) is 0.509. The number of hydrogen-bond donors (Lipinski definition) is 0. The predicted molar refractivity (Wildman–Crippen MR) is 53.3 cm³/mol. The van der Waals surface area contributed by atoms with E-state index in [-0.39, 0.29) is 5.56 Å². The zero-order chi connectivity index (χ0) is 12.6. The van der Waals surface area contributed by atoms with Gasteiger partial charge in [0.2, 0.25) is 0 Å². The molecular formula is C12H10F4. The molecule has 4 heteroatoms. The third-order valence-electron chi connectivity index (χ3n) is 2.32. The number of alkyl halides is 3. The molecule has 0 saturated heterocycles. The Hall–Kier alpha value is -1.50. The van der Waals surface area contributed by atoms with Gasteiger partial charge in [-0.25, -0.2) is 4.39 Å². The van der Waals surface area contributed by atoms with Crippen LogP contribution in [0.5, 0.6) is 0 Å². The normalized spacial score (nSPS) is 12.3. The van der Waals surface area contributed by atoms with Crippen molar-refractivity contribution in [2.24, 2.45) is 0 Å². The van der Waals surface area contributed by atoms with Crippen molar-refractivity contribution in [3.8, 4) is 12.3 Å². The van der Waals surface area contributed by atoms with Gasteiger partial charge in [-0.1, -0.05) is 12.0 Å². The Morgan fingerprint density at radius 3 is 2.12 bits per heavy atom. The molecule has 1 aromatic carbocycles. The summed E-state index contributed by atoms with van der Waals surface area (Å²) in [7, 11) is 0. The highest BCUT2D eigenvalue weighted by Crippen LogP contribution is 2.37. The number of rotatable bonds is 1. The van der Waals surface area contributed by atoms with Crippen molar-refractivity contribution in [3.63, 3.8) is 0 Å². The lowest BCUT2D eigenvalue weighted by molar-refractivity contribution is -0.138. The fraction of sp³-hybridized carbons (Fsp3) is 0.333. The van der Waals surface area contributed by atoms with Crippen LogP contribution in [0.15, 0.2) is 18.2 Å². The average molecular weight is 230 g/mol. The van der Waals surface area contributed by atoms with Crippen molar-refractivity contribution >= 4 is 0 Å². The van der Waals surface area contributed by atoms with Gasteiger partial charge in [-0.2, -0.15) is 13.2 Å². The van der Waals surface area contributed by atoms with Crippen LogP contribution in [0.4, 0.5) is 17.6 Å². The highest BCUT2D eigenvalue weighted by Gasteiger charge is 2.37. The zero-order valence-electron chi connectivity index (χ0n) is 8.82. The summed E-state index contributed by atoms with van der Waals surface area (Å²) in [6.45, 7) is 2.96. The Balaban J connectivity index is 3.48. The molecule has 0 aromatic heterocycles. The second-order valence-corrected chi connectivity index (χ2v) is 3.96. The van der Waals surface area contributed by atoms with E-state index in [1.165, 1.54) is 13.8 Å². The van der Waals surface area contributed by atoms with E-state index in [1.807, 2.05) is 0 Å². The molecule has 1 aromatic rings. The molecule has 1 rings (SSSR count). The Bertz CT molecular complexity index is 435. The molecule has 0 unspecified atom stereocenters. The van der Waals surface area contributed by atoms with Crippen molar-refractivity contribution in [2.75, 3.05) is 0 Å². The smallest absolute Gasteiger partial charge is 0.207 e. The molecular weight excluding hydrogens is 220 g/mol. The molecule has 16 heavy (non-hydrogen) atoms. The second kappa shape index (κ2) is 3.82. The van der Waals surface area contributed by atoms with Crippen LogP contribution in [0.1, 0.15) is 25.0 Å². The van der Waals surface area contributed by atoms with E-state index in [1.54, 1.807) is 0 Å². The largest absolute Gasteiger partial charge is 0.416 e. The van der Waals surface area contributed by atoms with Crippen molar-refractivity contribution in [3.05, 3.63) is 35.1 Å². The van der Waals surface area contributed by atoms with Gasteiger partial charge in [-0.05, 0) is 31.5 Å². The van der Waals surface area contributed by atoms with Gasteiger partial charge < -0.3 is 0 Å². The number of hydrogen-bond acceptors (Lipinski definition) is 0. The van der Waals surface area contributed by atoms with Gasteiger partial charge in [-0.3, -0.25) is 0 Å². The first-order chi connectivity index (χ1) is 7.18. The number of halogens is 4. The topological polar surface area (TPSA) is 0 Å². The molecule has 0 aliphatic heterocycles. The van der Waals surface area contributed by atoms with Crippen LogP contribution in [-0.4, -0.2) is 0 Å². The van der Waals surface area contributed by atoms with E-state index >= 15 is 0 Å². The summed E-state index contributed by atoms with van der Waals surface area (Å²) in [5.41, 5.74) is -2.20. The van der Waals surface area contributed by atoms with Crippen LogP contribution in [0.25, 0.3) is 0 Å². The van der Waals surface area contributed by atoms with E-state index in [4.69, 9.17) is 6.42 Å². The maximum atomic E-state index is 12.8. The van der Waals surface area contributed by atoms with Gasteiger partial charge in [-0.15, -0.1) is 6.42 Å². The van der Waals surface area contributed by atoms with Gasteiger partial charge >= 0.3 is 6.18 Å². The van der Waals surface area contributed by atoms with Gasteiger partial charge in [0.1, 0.15) is 5.82 Å². The highest BCUT2D eigenvalue weighted by atomic mass is 19.4. The molecule has 0 nitrogen and oxygen atoms in total. The van der Waals surface area contributed by atoms with Crippen LogP contribution in [0.2, 0.25) is 0 Å². The van der Waals surface area contributed by atoms with Gasteiger partial charge in [0, 0.05) is 0 Å². The summed E-state index contributed by atoms with van der Waals surface area (Å²) in [6, 6.07) is 2.52. The van der Waals surface area contributed by atoms with Crippen LogP contribution in [-0.2, 0) is 11.6 Å². The van der Waals surface area contributed by atoms with Gasteiger partial charge in [0.25, 0.3) is 0 Å². The van der Waals surface area contributed by atoms with Gasteiger partial charge in [0.05, 0.1) is 11.0 Å². The molecule has 0 aliphatic carbocycles. The van der Waals surface area contributed by atoms with E-state index in [2.05, 4.69) is 5.92 Å². The molecule has 0 fully saturated rings. The van der Waals surface area contributed by atoms with E-state index in [0.717, 1.165) is 12.1 Å². The monoisotopic (exact) mass is 230 g/mol. The maximum absolute atomic E-state index is 12.8. The summed E-state index contributed by atoms with van der Waals surface area (Å²) in [5.74, 6) is 1.34. The molecule has 0 bridgehead atoms. The zero-order valence-corrected chi connectivity index (χ0v) is 8.82.